The second kappa shape index (κ2) is 5.71. The van der Waals surface area contributed by atoms with E-state index in [-0.39, 0.29) is 17.4 Å². The summed E-state index contributed by atoms with van der Waals surface area (Å²) in [4.78, 5) is 12.0. The Labute approximate surface area is 128 Å². The topological polar surface area (TPSA) is 55.8 Å². The highest BCUT2D eigenvalue weighted by atomic mass is 79.9. The Morgan fingerprint density at radius 1 is 1.42 bits per heavy atom. The summed E-state index contributed by atoms with van der Waals surface area (Å²) in [6.07, 6.45) is 2.17. The van der Waals surface area contributed by atoms with E-state index in [0.717, 1.165) is 18.4 Å². The highest BCUT2D eigenvalue weighted by Gasteiger charge is 2.33. The lowest BCUT2D eigenvalue weighted by atomic mass is 9.95. The van der Waals surface area contributed by atoms with Crippen LogP contribution in [0.5, 0.6) is 11.5 Å². The summed E-state index contributed by atoms with van der Waals surface area (Å²) in [5, 5.41) is 10.1. The van der Waals surface area contributed by atoms with Crippen LogP contribution in [0.25, 0.3) is 0 Å². The second-order valence-electron chi connectivity index (χ2n) is 4.38. The molecule has 0 bridgehead atoms. The van der Waals surface area contributed by atoms with E-state index in [4.69, 9.17) is 9.47 Å². The van der Waals surface area contributed by atoms with Gasteiger partial charge in [0.25, 0.3) is 0 Å². The standard InChI is InChI=1S/C13H14Br2O4/c1-3-4-6-5-7-8(13(17)19-6)11(16)10(15)12(18-2)9(7)14/h6,16H,3-5H2,1-2H3/t6-/m1/s1. The van der Waals surface area contributed by atoms with Crippen molar-refractivity contribution in [2.75, 3.05) is 7.11 Å². The van der Waals surface area contributed by atoms with E-state index in [1.54, 1.807) is 0 Å². The molecule has 0 fully saturated rings. The fourth-order valence-electron chi connectivity index (χ4n) is 2.26. The second-order valence-corrected chi connectivity index (χ2v) is 5.97. The average Bonchev–Trinajstić information content (AvgIpc) is 2.37. The number of carbonyl (C=O) groups excluding carboxylic acids is 1. The van der Waals surface area contributed by atoms with Crippen LogP contribution in [0.2, 0.25) is 0 Å². The molecule has 1 aromatic carbocycles. The number of carbonyl (C=O) groups is 1. The maximum atomic E-state index is 12.0. The molecular formula is C13H14Br2O4. The fourth-order valence-corrected chi connectivity index (χ4v) is 3.80. The zero-order valence-corrected chi connectivity index (χ0v) is 13.8. The molecule has 4 nitrogen and oxygen atoms in total. The molecule has 0 saturated carbocycles. The van der Waals surface area contributed by atoms with Gasteiger partial charge in [-0.25, -0.2) is 4.79 Å². The number of cyclic esters (lactones) is 1. The van der Waals surface area contributed by atoms with Crippen molar-refractivity contribution in [2.24, 2.45) is 0 Å². The van der Waals surface area contributed by atoms with Crippen molar-refractivity contribution in [2.45, 2.75) is 32.3 Å². The molecule has 1 aromatic rings. The number of phenolic OH excluding ortho intramolecular Hbond substituents is 1. The molecule has 1 atom stereocenters. The minimum absolute atomic E-state index is 0.130. The summed E-state index contributed by atoms with van der Waals surface area (Å²) in [5.74, 6) is -0.127. The summed E-state index contributed by atoms with van der Waals surface area (Å²) >= 11 is 6.68. The first kappa shape index (κ1) is 14.7. The molecular weight excluding hydrogens is 380 g/mol. The van der Waals surface area contributed by atoms with Crippen LogP contribution >= 0.6 is 31.9 Å². The number of esters is 1. The number of ether oxygens (including phenoxy) is 2. The first-order chi connectivity index (χ1) is 9.01. The van der Waals surface area contributed by atoms with Crippen LogP contribution in [0.4, 0.5) is 0 Å². The quantitative estimate of drug-likeness (QED) is 0.793. The Kier molecular flexibility index (Phi) is 4.40. The normalized spacial score (nSPS) is 17.9. The van der Waals surface area contributed by atoms with Crippen molar-refractivity contribution < 1.29 is 19.4 Å². The maximum absolute atomic E-state index is 12.0. The Morgan fingerprint density at radius 3 is 2.68 bits per heavy atom. The van der Waals surface area contributed by atoms with Gasteiger partial charge < -0.3 is 14.6 Å². The molecule has 0 amide bonds. The summed E-state index contributed by atoms with van der Waals surface area (Å²) in [6, 6.07) is 0. The summed E-state index contributed by atoms with van der Waals surface area (Å²) in [6.45, 7) is 2.04. The molecule has 19 heavy (non-hydrogen) atoms. The van der Waals surface area contributed by atoms with Gasteiger partial charge in [-0.05, 0) is 43.8 Å². The molecule has 0 spiro atoms. The zero-order valence-electron chi connectivity index (χ0n) is 10.6. The lowest BCUT2D eigenvalue weighted by molar-refractivity contribution is 0.0231. The van der Waals surface area contributed by atoms with Gasteiger partial charge in [-0.15, -0.1) is 0 Å². The van der Waals surface area contributed by atoms with Crippen molar-refractivity contribution in [1.29, 1.82) is 0 Å². The number of aromatic hydroxyl groups is 1. The van der Waals surface area contributed by atoms with Gasteiger partial charge in [-0.1, -0.05) is 13.3 Å². The van der Waals surface area contributed by atoms with Gasteiger partial charge in [0.2, 0.25) is 0 Å². The first-order valence-electron chi connectivity index (χ1n) is 5.99. The van der Waals surface area contributed by atoms with Gasteiger partial charge in [0.1, 0.15) is 21.9 Å². The molecule has 0 aliphatic carbocycles. The predicted molar refractivity (Wildman–Crippen MR) is 77.9 cm³/mol. The van der Waals surface area contributed by atoms with E-state index < -0.39 is 5.97 Å². The number of rotatable bonds is 3. The number of phenols is 1. The highest BCUT2D eigenvalue weighted by Crippen LogP contribution is 2.47. The van der Waals surface area contributed by atoms with Gasteiger partial charge >= 0.3 is 5.97 Å². The van der Waals surface area contributed by atoms with Crippen LogP contribution in [0, 0.1) is 0 Å². The molecule has 0 radical (unpaired) electrons. The van der Waals surface area contributed by atoms with E-state index in [1.165, 1.54) is 7.11 Å². The molecule has 1 N–H and O–H groups in total. The van der Waals surface area contributed by atoms with E-state index in [1.807, 2.05) is 6.92 Å². The van der Waals surface area contributed by atoms with Gasteiger partial charge in [-0.3, -0.25) is 0 Å². The maximum Gasteiger partial charge on any atom is 0.342 e. The average molecular weight is 394 g/mol. The number of fused-ring (bicyclic) bond motifs is 1. The monoisotopic (exact) mass is 392 g/mol. The van der Waals surface area contributed by atoms with Crippen LogP contribution < -0.4 is 4.74 Å². The van der Waals surface area contributed by atoms with Crippen molar-refractivity contribution in [3.63, 3.8) is 0 Å². The van der Waals surface area contributed by atoms with Crippen LogP contribution in [0.3, 0.4) is 0 Å². The summed E-state index contributed by atoms with van der Waals surface area (Å²) in [7, 11) is 1.52. The van der Waals surface area contributed by atoms with Crippen LogP contribution in [0.15, 0.2) is 8.95 Å². The molecule has 0 aromatic heterocycles. The van der Waals surface area contributed by atoms with Gasteiger partial charge in [0.05, 0.1) is 11.6 Å². The minimum atomic E-state index is -0.485. The van der Waals surface area contributed by atoms with Gasteiger partial charge in [0.15, 0.2) is 5.75 Å². The zero-order chi connectivity index (χ0) is 14.2. The largest absolute Gasteiger partial charge is 0.506 e. The van der Waals surface area contributed by atoms with E-state index in [0.29, 0.717) is 21.1 Å². The van der Waals surface area contributed by atoms with Crippen LogP contribution in [-0.4, -0.2) is 24.3 Å². The van der Waals surface area contributed by atoms with Crippen LogP contribution in [0.1, 0.15) is 35.7 Å². The van der Waals surface area contributed by atoms with Crippen molar-refractivity contribution in [3.8, 4) is 11.5 Å². The lowest BCUT2D eigenvalue weighted by Gasteiger charge is -2.27. The molecule has 0 saturated heterocycles. The van der Waals surface area contributed by atoms with Crippen molar-refractivity contribution in [3.05, 3.63) is 20.1 Å². The third kappa shape index (κ3) is 2.48. The predicted octanol–water partition coefficient (Wildman–Crippen LogP) is 3.81. The third-order valence-corrected chi connectivity index (χ3v) is 4.71. The van der Waals surface area contributed by atoms with Gasteiger partial charge in [-0.2, -0.15) is 0 Å². The van der Waals surface area contributed by atoms with E-state index in [9.17, 15) is 9.90 Å². The van der Waals surface area contributed by atoms with Crippen molar-refractivity contribution in [1.82, 2.24) is 0 Å². The SMILES string of the molecule is CCC[C@@H]1Cc2c(Br)c(OC)c(Br)c(O)c2C(=O)O1. The third-order valence-electron chi connectivity index (χ3n) is 3.13. The van der Waals surface area contributed by atoms with E-state index >= 15 is 0 Å². The first-order valence-corrected chi connectivity index (χ1v) is 7.57. The molecule has 1 aliphatic heterocycles. The molecule has 6 heteroatoms. The Balaban J connectivity index is 2.58. The van der Waals surface area contributed by atoms with Crippen molar-refractivity contribution >= 4 is 37.8 Å². The fraction of sp³-hybridized carbons (Fsp3) is 0.462. The number of halogens is 2. The highest BCUT2D eigenvalue weighted by molar-refractivity contribution is 9.11. The summed E-state index contributed by atoms with van der Waals surface area (Å²) < 4.78 is 11.6. The number of hydrogen-bond acceptors (Lipinski definition) is 4. The lowest BCUT2D eigenvalue weighted by Crippen LogP contribution is -2.28. The number of methoxy groups -OCH3 is 1. The number of hydrogen-bond donors (Lipinski definition) is 1. The Morgan fingerprint density at radius 2 is 2.11 bits per heavy atom. The smallest absolute Gasteiger partial charge is 0.342 e. The molecule has 2 rings (SSSR count). The van der Waals surface area contributed by atoms with E-state index in [2.05, 4.69) is 31.9 Å². The Hall–Kier alpha value is -0.750. The molecule has 104 valence electrons. The van der Waals surface area contributed by atoms with Gasteiger partial charge in [0, 0.05) is 6.42 Å². The minimum Gasteiger partial charge on any atom is -0.506 e. The molecule has 1 aliphatic rings. The van der Waals surface area contributed by atoms with Crippen LogP contribution in [-0.2, 0) is 11.2 Å². The number of benzene rings is 1. The molecule has 1 heterocycles. The molecule has 0 unspecified atom stereocenters. The Bertz CT molecular complexity index is 528. The summed E-state index contributed by atoms with van der Waals surface area (Å²) in [5.41, 5.74) is 0.958.